The van der Waals surface area contributed by atoms with Crippen LogP contribution in [0.5, 0.6) is 0 Å². The molecule has 2 rings (SSSR count). The highest BCUT2D eigenvalue weighted by molar-refractivity contribution is 5.46. The standard InChI is InChI=1S/C16H26N2/c1-3-13-8-10-15(18(2)12-13)11-9-14-6-4-5-7-16(14)17/h4-7,13,15H,3,8-12,17H2,1-2H3/t13-,15+/m1/s1. The lowest BCUT2D eigenvalue weighted by atomic mass is 9.88. The number of likely N-dealkylation sites (tertiary alicyclic amines) is 1. The van der Waals surface area contributed by atoms with Gasteiger partial charge in [-0.3, -0.25) is 0 Å². The number of benzene rings is 1. The van der Waals surface area contributed by atoms with Crippen molar-refractivity contribution in [3.05, 3.63) is 29.8 Å². The Morgan fingerprint density at radius 2 is 2.06 bits per heavy atom. The molecule has 0 radical (unpaired) electrons. The highest BCUT2D eigenvalue weighted by atomic mass is 15.1. The summed E-state index contributed by atoms with van der Waals surface area (Å²) in [7, 11) is 2.28. The molecule has 2 N–H and O–H groups in total. The van der Waals surface area contributed by atoms with E-state index in [-0.39, 0.29) is 0 Å². The first-order valence-electron chi connectivity index (χ1n) is 7.24. The fraction of sp³-hybridized carbons (Fsp3) is 0.625. The van der Waals surface area contributed by atoms with E-state index in [2.05, 4.69) is 31.0 Å². The second-order valence-electron chi connectivity index (χ2n) is 5.68. The van der Waals surface area contributed by atoms with Crippen molar-refractivity contribution in [2.45, 2.75) is 45.1 Å². The fourth-order valence-electron chi connectivity index (χ4n) is 3.08. The van der Waals surface area contributed by atoms with Gasteiger partial charge in [0.15, 0.2) is 0 Å². The number of nitrogens with zero attached hydrogens (tertiary/aromatic N) is 1. The Morgan fingerprint density at radius 1 is 1.28 bits per heavy atom. The summed E-state index contributed by atoms with van der Waals surface area (Å²) in [6.45, 7) is 3.58. The van der Waals surface area contributed by atoms with Gasteiger partial charge in [0.1, 0.15) is 0 Å². The van der Waals surface area contributed by atoms with Crippen molar-refractivity contribution >= 4 is 5.69 Å². The quantitative estimate of drug-likeness (QED) is 0.826. The van der Waals surface area contributed by atoms with Crippen LogP contribution in [0.15, 0.2) is 24.3 Å². The molecule has 0 bridgehead atoms. The molecule has 1 heterocycles. The van der Waals surface area contributed by atoms with Crippen LogP contribution in [0, 0.1) is 5.92 Å². The Bertz CT molecular complexity index is 375. The van der Waals surface area contributed by atoms with Crippen LogP contribution in [0.25, 0.3) is 0 Å². The summed E-state index contributed by atoms with van der Waals surface area (Å²) in [5, 5.41) is 0. The number of nitrogens with two attached hydrogens (primary N) is 1. The number of hydrogen-bond acceptors (Lipinski definition) is 2. The van der Waals surface area contributed by atoms with E-state index in [1.807, 2.05) is 12.1 Å². The number of piperidine rings is 1. The van der Waals surface area contributed by atoms with Gasteiger partial charge >= 0.3 is 0 Å². The maximum atomic E-state index is 6.00. The van der Waals surface area contributed by atoms with Crippen molar-refractivity contribution in [1.29, 1.82) is 0 Å². The predicted octanol–water partition coefficient (Wildman–Crippen LogP) is 3.32. The third kappa shape index (κ3) is 3.26. The van der Waals surface area contributed by atoms with Crippen molar-refractivity contribution in [3.63, 3.8) is 0 Å². The zero-order chi connectivity index (χ0) is 13.0. The second-order valence-corrected chi connectivity index (χ2v) is 5.68. The molecule has 1 aliphatic rings. The Morgan fingerprint density at radius 3 is 2.72 bits per heavy atom. The fourth-order valence-corrected chi connectivity index (χ4v) is 3.08. The highest BCUT2D eigenvalue weighted by Crippen LogP contribution is 2.26. The number of nitrogen functional groups attached to an aromatic ring is 1. The van der Waals surface area contributed by atoms with E-state index in [9.17, 15) is 0 Å². The van der Waals surface area contributed by atoms with Crippen LogP contribution >= 0.6 is 0 Å². The van der Waals surface area contributed by atoms with E-state index in [1.54, 1.807) is 0 Å². The Balaban J connectivity index is 1.86. The van der Waals surface area contributed by atoms with Crippen LogP contribution in [0.2, 0.25) is 0 Å². The Kier molecular flexibility index (Phi) is 4.65. The summed E-state index contributed by atoms with van der Waals surface area (Å²) in [5.41, 5.74) is 8.26. The van der Waals surface area contributed by atoms with Crippen molar-refractivity contribution < 1.29 is 0 Å². The minimum absolute atomic E-state index is 0.743. The zero-order valence-electron chi connectivity index (χ0n) is 11.7. The number of rotatable bonds is 4. The third-order valence-corrected chi connectivity index (χ3v) is 4.46. The molecular weight excluding hydrogens is 220 g/mol. The van der Waals surface area contributed by atoms with E-state index in [1.165, 1.54) is 37.8 Å². The lowest BCUT2D eigenvalue weighted by Crippen LogP contribution is -2.40. The van der Waals surface area contributed by atoms with E-state index in [0.29, 0.717) is 0 Å². The Labute approximate surface area is 111 Å². The monoisotopic (exact) mass is 246 g/mol. The normalized spacial score (nSPS) is 25.2. The average molecular weight is 246 g/mol. The predicted molar refractivity (Wildman–Crippen MR) is 78.6 cm³/mol. The molecule has 0 spiro atoms. The van der Waals surface area contributed by atoms with Crippen molar-refractivity contribution in [3.8, 4) is 0 Å². The first-order valence-corrected chi connectivity index (χ1v) is 7.24. The molecule has 18 heavy (non-hydrogen) atoms. The maximum Gasteiger partial charge on any atom is 0.0346 e. The van der Waals surface area contributed by atoms with Gasteiger partial charge in [-0.1, -0.05) is 31.5 Å². The molecule has 1 aliphatic heterocycles. The van der Waals surface area contributed by atoms with Gasteiger partial charge in [0.2, 0.25) is 0 Å². The summed E-state index contributed by atoms with van der Waals surface area (Å²) in [5.74, 6) is 0.910. The summed E-state index contributed by atoms with van der Waals surface area (Å²) < 4.78 is 0. The smallest absolute Gasteiger partial charge is 0.0346 e. The third-order valence-electron chi connectivity index (χ3n) is 4.46. The number of anilines is 1. The SMILES string of the molecule is CC[C@@H]1CC[C@@H](CCc2ccccc2N)N(C)C1. The topological polar surface area (TPSA) is 29.3 Å². The number of aryl methyl sites for hydroxylation is 1. The molecule has 1 fully saturated rings. The average Bonchev–Trinajstić information content (AvgIpc) is 2.39. The largest absolute Gasteiger partial charge is 0.399 e. The number of hydrogen-bond donors (Lipinski definition) is 1. The van der Waals surface area contributed by atoms with Crippen LogP contribution in [-0.4, -0.2) is 24.5 Å². The molecule has 0 saturated carbocycles. The van der Waals surface area contributed by atoms with E-state index in [4.69, 9.17) is 5.73 Å². The molecule has 2 atom stereocenters. The van der Waals surface area contributed by atoms with E-state index in [0.717, 1.165) is 24.1 Å². The Hall–Kier alpha value is -1.02. The minimum Gasteiger partial charge on any atom is -0.399 e. The van der Waals surface area contributed by atoms with Crippen LogP contribution in [0.1, 0.15) is 38.2 Å². The lowest BCUT2D eigenvalue weighted by molar-refractivity contribution is 0.129. The molecule has 1 aromatic carbocycles. The molecule has 2 nitrogen and oxygen atoms in total. The van der Waals surface area contributed by atoms with Gasteiger partial charge < -0.3 is 10.6 Å². The number of para-hydroxylation sites is 1. The first kappa shape index (κ1) is 13.4. The summed E-state index contributed by atoms with van der Waals surface area (Å²) in [6.07, 6.45) is 6.42. The molecule has 1 aromatic rings. The molecule has 2 heteroatoms. The molecule has 0 aromatic heterocycles. The minimum atomic E-state index is 0.743. The summed E-state index contributed by atoms with van der Waals surface area (Å²) in [6, 6.07) is 9.01. The second kappa shape index (κ2) is 6.24. The van der Waals surface area contributed by atoms with Crippen LogP contribution in [-0.2, 0) is 6.42 Å². The summed E-state index contributed by atoms with van der Waals surface area (Å²) in [4.78, 5) is 2.55. The van der Waals surface area contributed by atoms with Gasteiger partial charge in [0.05, 0.1) is 0 Å². The highest BCUT2D eigenvalue weighted by Gasteiger charge is 2.24. The van der Waals surface area contributed by atoms with Crippen molar-refractivity contribution in [1.82, 2.24) is 4.90 Å². The van der Waals surface area contributed by atoms with Gasteiger partial charge in [0.25, 0.3) is 0 Å². The zero-order valence-corrected chi connectivity index (χ0v) is 11.7. The van der Waals surface area contributed by atoms with E-state index >= 15 is 0 Å². The van der Waals surface area contributed by atoms with Crippen molar-refractivity contribution in [2.24, 2.45) is 5.92 Å². The molecular formula is C16H26N2. The van der Waals surface area contributed by atoms with Gasteiger partial charge in [-0.2, -0.15) is 0 Å². The first-order chi connectivity index (χ1) is 8.70. The molecule has 1 saturated heterocycles. The van der Waals surface area contributed by atoms with E-state index < -0.39 is 0 Å². The summed E-state index contributed by atoms with van der Waals surface area (Å²) >= 11 is 0. The molecule has 0 aliphatic carbocycles. The van der Waals surface area contributed by atoms with Gasteiger partial charge in [-0.05, 0) is 50.3 Å². The van der Waals surface area contributed by atoms with Gasteiger partial charge in [-0.25, -0.2) is 0 Å². The molecule has 100 valence electrons. The van der Waals surface area contributed by atoms with Crippen LogP contribution < -0.4 is 5.73 Å². The van der Waals surface area contributed by atoms with Crippen LogP contribution in [0.3, 0.4) is 0 Å². The maximum absolute atomic E-state index is 6.00. The lowest BCUT2D eigenvalue weighted by Gasteiger charge is -2.37. The van der Waals surface area contributed by atoms with Gasteiger partial charge in [0, 0.05) is 18.3 Å². The van der Waals surface area contributed by atoms with Crippen molar-refractivity contribution in [2.75, 3.05) is 19.3 Å². The van der Waals surface area contributed by atoms with Crippen LogP contribution in [0.4, 0.5) is 5.69 Å². The molecule has 0 amide bonds. The van der Waals surface area contributed by atoms with Gasteiger partial charge in [-0.15, -0.1) is 0 Å². The molecule has 0 unspecified atom stereocenters.